The van der Waals surface area contributed by atoms with Crippen LogP contribution in [0.4, 0.5) is 0 Å². The van der Waals surface area contributed by atoms with Crippen LogP contribution in [0.25, 0.3) is 80.7 Å². The SMILES string of the molecule is c1ccc(-c2ccc3c(c2)c2ccc4sc5c(-c6ccccc6)cccc5c4c2n3-c2cccc3ccccc23)cc1. The van der Waals surface area contributed by atoms with E-state index in [-0.39, 0.29) is 0 Å². The smallest absolute Gasteiger partial charge is 0.0634 e. The lowest BCUT2D eigenvalue weighted by Gasteiger charge is -2.13. The molecule has 0 aliphatic carbocycles. The Labute approximate surface area is 247 Å². The van der Waals surface area contributed by atoms with Crippen molar-refractivity contribution in [2.75, 3.05) is 0 Å². The molecule has 0 aliphatic rings. The molecule has 7 aromatic carbocycles. The van der Waals surface area contributed by atoms with Crippen LogP contribution in [0.1, 0.15) is 0 Å². The second-order valence-corrected chi connectivity index (χ2v) is 12.0. The van der Waals surface area contributed by atoms with Gasteiger partial charge in [0.05, 0.1) is 16.7 Å². The van der Waals surface area contributed by atoms with Crippen LogP contribution in [-0.2, 0) is 0 Å². The first-order valence-electron chi connectivity index (χ1n) is 14.4. The van der Waals surface area contributed by atoms with Crippen LogP contribution in [0.15, 0.2) is 152 Å². The van der Waals surface area contributed by atoms with Crippen LogP contribution >= 0.6 is 11.3 Å². The zero-order valence-electron chi connectivity index (χ0n) is 22.8. The monoisotopic (exact) mass is 551 g/mol. The van der Waals surface area contributed by atoms with Gasteiger partial charge in [-0.1, -0.05) is 127 Å². The highest BCUT2D eigenvalue weighted by Gasteiger charge is 2.20. The first-order valence-corrected chi connectivity index (χ1v) is 15.2. The highest BCUT2D eigenvalue weighted by Crippen LogP contribution is 2.46. The highest BCUT2D eigenvalue weighted by atomic mass is 32.1. The molecule has 0 radical (unpaired) electrons. The van der Waals surface area contributed by atoms with Crippen molar-refractivity contribution in [3.05, 3.63) is 152 Å². The van der Waals surface area contributed by atoms with Crippen molar-refractivity contribution in [1.82, 2.24) is 4.57 Å². The van der Waals surface area contributed by atoms with Crippen molar-refractivity contribution >= 4 is 64.1 Å². The first kappa shape index (κ1) is 23.5. The predicted molar refractivity (Wildman–Crippen MR) is 182 cm³/mol. The largest absolute Gasteiger partial charge is 0.308 e. The number of fused-ring (bicyclic) bond motifs is 8. The summed E-state index contributed by atoms with van der Waals surface area (Å²) in [7, 11) is 0. The molecule has 2 heteroatoms. The lowest BCUT2D eigenvalue weighted by molar-refractivity contribution is 1.21. The Bertz CT molecular complexity index is 2440. The summed E-state index contributed by atoms with van der Waals surface area (Å²) < 4.78 is 5.17. The van der Waals surface area contributed by atoms with Crippen molar-refractivity contribution in [1.29, 1.82) is 0 Å². The van der Waals surface area contributed by atoms with Gasteiger partial charge in [0, 0.05) is 36.3 Å². The van der Waals surface area contributed by atoms with Gasteiger partial charge < -0.3 is 4.57 Å². The summed E-state index contributed by atoms with van der Waals surface area (Å²) in [5.74, 6) is 0. The van der Waals surface area contributed by atoms with Crippen LogP contribution in [0.2, 0.25) is 0 Å². The second kappa shape index (κ2) is 9.17. The number of benzene rings is 7. The van der Waals surface area contributed by atoms with Gasteiger partial charge in [0.15, 0.2) is 0 Å². The van der Waals surface area contributed by atoms with Gasteiger partial charge in [-0.3, -0.25) is 0 Å². The molecule has 42 heavy (non-hydrogen) atoms. The van der Waals surface area contributed by atoms with Crippen LogP contribution < -0.4 is 0 Å². The van der Waals surface area contributed by atoms with E-state index in [0.717, 1.165) is 0 Å². The summed E-state index contributed by atoms with van der Waals surface area (Å²) in [4.78, 5) is 0. The minimum absolute atomic E-state index is 1.21. The average Bonchev–Trinajstić information content (AvgIpc) is 3.60. The number of thiophene rings is 1. The standard InChI is InChI=1S/C40H25NS/c1-3-11-26(12-4-1)29-21-23-36-34(25-29)32-22-24-37-38(33-19-10-18-31(40(33)42-37)28-13-5-2-6-14-28)39(32)41(36)35-20-9-16-27-15-7-8-17-30(27)35/h1-25H. The Balaban J connectivity index is 1.46. The third kappa shape index (κ3) is 3.43. The third-order valence-corrected chi connectivity index (χ3v) is 9.79. The zero-order chi connectivity index (χ0) is 27.6. The summed E-state index contributed by atoms with van der Waals surface area (Å²) in [6.45, 7) is 0. The van der Waals surface area contributed by atoms with E-state index >= 15 is 0 Å². The summed E-state index contributed by atoms with van der Waals surface area (Å²) in [6.07, 6.45) is 0. The molecule has 9 aromatic rings. The fraction of sp³-hybridized carbons (Fsp3) is 0. The summed E-state index contributed by atoms with van der Waals surface area (Å²) in [5, 5.41) is 7.71. The molecule has 2 aromatic heterocycles. The van der Waals surface area contributed by atoms with Crippen molar-refractivity contribution < 1.29 is 0 Å². The van der Waals surface area contributed by atoms with E-state index in [0.29, 0.717) is 0 Å². The molecular weight excluding hydrogens is 527 g/mol. The van der Waals surface area contributed by atoms with Crippen molar-refractivity contribution in [2.45, 2.75) is 0 Å². The van der Waals surface area contributed by atoms with Crippen molar-refractivity contribution in [2.24, 2.45) is 0 Å². The predicted octanol–water partition coefficient (Wildman–Crippen LogP) is 11.6. The maximum absolute atomic E-state index is 2.52. The molecule has 9 rings (SSSR count). The lowest BCUT2D eigenvalue weighted by atomic mass is 10.0. The minimum atomic E-state index is 1.21. The second-order valence-electron chi connectivity index (χ2n) is 10.9. The fourth-order valence-corrected chi connectivity index (χ4v) is 7.94. The zero-order valence-corrected chi connectivity index (χ0v) is 23.6. The van der Waals surface area contributed by atoms with Gasteiger partial charge in [-0.2, -0.15) is 0 Å². The molecule has 0 saturated carbocycles. The average molecular weight is 552 g/mol. The van der Waals surface area contributed by atoms with Gasteiger partial charge in [0.25, 0.3) is 0 Å². The fourth-order valence-electron chi connectivity index (χ4n) is 6.70. The Morgan fingerprint density at radius 2 is 1.17 bits per heavy atom. The van der Waals surface area contributed by atoms with Gasteiger partial charge in [-0.25, -0.2) is 0 Å². The maximum atomic E-state index is 2.52. The van der Waals surface area contributed by atoms with E-state index in [2.05, 4.69) is 156 Å². The number of nitrogens with zero attached hydrogens (tertiary/aromatic N) is 1. The Kier molecular flexibility index (Phi) is 5.13. The molecule has 2 heterocycles. The van der Waals surface area contributed by atoms with E-state index in [9.17, 15) is 0 Å². The molecule has 0 atom stereocenters. The number of rotatable bonds is 3. The van der Waals surface area contributed by atoms with Gasteiger partial charge in [0.1, 0.15) is 0 Å². The quantitative estimate of drug-likeness (QED) is 0.206. The van der Waals surface area contributed by atoms with Gasteiger partial charge in [0.2, 0.25) is 0 Å². The van der Waals surface area contributed by atoms with Crippen molar-refractivity contribution in [3.63, 3.8) is 0 Å². The first-order chi connectivity index (χ1) is 20.8. The van der Waals surface area contributed by atoms with Gasteiger partial charge in [-0.05, 0) is 51.9 Å². The van der Waals surface area contributed by atoms with Crippen LogP contribution in [-0.4, -0.2) is 4.57 Å². The summed E-state index contributed by atoms with van der Waals surface area (Å²) >= 11 is 1.90. The number of hydrogen-bond acceptors (Lipinski definition) is 1. The molecule has 0 saturated heterocycles. The summed E-state index contributed by atoms with van der Waals surface area (Å²) in [5.41, 5.74) is 8.75. The van der Waals surface area contributed by atoms with Crippen LogP contribution in [0.3, 0.4) is 0 Å². The third-order valence-electron chi connectivity index (χ3n) is 8.59. The van der Waals surface area contributed by atoms with Crippen LogP contribution in [0, 0.1) is 0 Å². The Morgan fingerprint density at radius 3 is 2.02 bits per heavy atom. The molecule has 0 fully saturated rings. The van der Waals surface area contributed by atoms with E-state index in [4.69, 9.17) is 0 Å². The number of hydrogen-bond donors (Lipinski definition) is 0. The lowest BCUT2D eigenvalue weighted by Crippen LogP contribution is -1.95. The van der Waals surface area contributed by atoms with E-state index in [1.165, 1.54) is 80.7 Å². The van der Waals surface area contributed by atoms with Gasteiger partial charge in [-0.15, -0.1) is 11.3 Å². The molecule has 0 aliphatic heterocycles. The van der Waals surface area contributed by atoms with E-state index in [1.54, 1.807) is 0 Å². The Morgan fingerprint density at radius 1 is 0.452 bits per heavy atom. The molecule has 0 spiro atoms. The molecule has 0 N–H and O–H groups in total. The van der Waals surface area contributed by atoms with E-state index in [1.807, 2.05) is 11.3 Å². The maximum Gasteiger partial charge on any atom is 0.0634 e. The molecule has 0 bridgehead atoms. The highest BCUT2D eigenvalue weighted by molar-refractivity contribution is 7.26. The molecular formula is C40H25NS. The molecule has 0 amide bonds. The Hall–Kier alpha value is -5.18. The number of aromatic nitrogens is 1. The molecule has 196 valence electrons. The molecule has 1 nitrogen and oxygen atoms in total. The minimum Gasteiger partial charge on any atom is -0.308 e. The molecule has 0 unspecified atom stereocenters. The topological polar surface area (TPSA) is 4.93 Å². The van der Waals surface area contributed by atoms with Crippen molar-refractivity contribution in [3.8, 4) is 27.9 Å². The van der Waals surface area contributed by atoms with E-state index < -0.39 is 0 Å². The normalized spacial score (nSPS) is 11.8. The van der Waals surface area contributed by atoms with Crippen LogP contribution in [0.5, 0.6) is 0 Å². The van der Waals surface area contributed by atoms with Gasteiger partial charge >= 0.3 is 0 Å². The summed E-state index contributed by atoms with van der Waals surface area (Å²) in [6, 6.07) is 55.3.